The highest BCUT2D eigenvalue weighted by Crippen LogP contribution is 2.63. The van der Waals surface area contributed by atoms with E-state index < -0.39 is 0 Å². The van der Waals surface area contributed by atoms with Gasteiger partial charge in [0.15, 0.2) is 5.82 Å². The lowest BCUT2D eigenvalue weighted by Crippen LogP contribution is -2.31. The molecule has 0 bridgehead atoms. The van der Waals surface area contributed by atoms with Gasteiger partial charge in [-0.2, -0.15) is 0 Å². The van der Waals surface area contributed by atoms with Gasteiger partial charge in [-0.05, 0) is 69.8 Å². The molecule has 0 atom stereocenters. The third-order valence-corrected chi connectivity index (χ3v) is 12.8. The van der Waals surface area contributed by atoms with Crippen molar-refractivity contribution in [2.24, 2.45) is 0 Å². The molecule has 0 radical (unpaired) electrons. The molecule has 238 valence electrons. The van der Waals surface area contributed by atoms with E-state index in [0.717, 1.165) is 33.9 Å². The molecule has 0 amide bonds. The highest BCUT2D eigenvalue weighted by Gasteiger charge is 2.50. The number of aromatic nitrogens is 2. The zero-order chi connectivity index (χ0) is 33.5. The van der Waals surface area contributed by atoms with Crippen molar-refractivity contribution >= 4 is 43.3 Å². The van der Waals surface area contributed by atoms with Crippen LogP contribution >= 0.6 is 23.1 Å². The number of nitrogens with zero attached hydrogens (tertiary/aromatic N) is 2. The molecule has 0 fully saturated rings. The molecule has 1 aliphatic carbocycles. The van der Waals surface area contributed by atoms with Crippen molar-refractivity contribution < 1.29 is 0 Å². The van der Waals surface area contributed by atoms with Crippen molar-refractivity contribution in [2.75, 3.05) is 0 Å². The van der Waals surface area contributed by atoms with Gasteiger partial charge < -0.3 is 0 Å². The Bertz CT molecular complexity index is 2730. The normalized spacial score (nSPS) is 13.6. The van der Waals surface area contributed by atoms with Gasteiger partial charge in [0, 0.05) is 46.7 Å². The number of thiophene rings is 1. The smallest absolute Gasteiger partial charge is 0.160 e. The fourth-order valence-electron chi connectivity index (χ4n) is 8.35. The van der Waals surface area contributed by atoms with Gasteiger partial charge in [-0.1, -0.05) is 145 Å². The first-order chi connectivity index (χ1) is 25.3. The summed E-state index contributed by atoms with van der Waals surface area (Å²) in [4.78, 5) is 12.8. The van der Waals surface area contributed by atoms with Crippen LogP contribution in [-0.2, 0) is 5.41 Å². The lowest BCUT2D eigenvalue weighted by molar-refractivity contribution is 0.723. The Hall–Kier alpha value is -5.81. The van der Waals surface area contributed by atoms with Crippen LogP contribution in [0, 0.1) is 0 Å². The van der Waals surface area contributed by atoms with Crippen LogP contribution < -0.4 is 0 Å². The van der Waals surface area contributed by atoms with Crippen LogP contribution in [0.3, 0.4) is 0 Å². The molecule has 0 N–H and O–H groups in total. The molecule has 9 aromatic rings. The van der Waals surface area contributed by atoms with Gasteiger partial charge >= 0.3 is 0 Å². The molecular weight excluding hydrogens is 657 g/mol. The highest BCUT2D eigenvalue weighted by atomic mass is 32.2. The second-order valence-electron chi connectivity index (χ2n) is 13.3. The van der Waals surface area contributed by atoms with Gasteiger partial charge in [0.05, 0.1) is 16.8 Å². The molecule has 51 heavy (non-hydrogen) atoms. The monoisotopic (exact) mass is 684 g/mol. The maximum absolute atomic E-state index is 5.13. The van der Waals surface area contributed by atoms with Gasteiger partial charge in [0.1, 0.15) is 0 Å². The van der Waals surface area contributed by atoms with Gasteiger partial charge in [-0.3, -0.25) is 0 Å². The molecule has 7 aromatic carbocycles. The maximum Gasteiger partial charge on any atom is 0.160 e. The summed E-state index contributed by atoms with van der Waals surface area (Å²) in [6.45, 7) is 0. The molecule has 3 heterocycles. The first kappa shape index (κ1) is 29.0. The van der Waals surface area contributed by atoms with Crippen molar-refractivity contribution in [1.82, 2.24) is 9.97 Å². The molecule has 0 unspecified atom stereocenters. The molecule has 2 aliphatic rings. The second-order valence-corrected chi connectivity index (χ2v) is 15.5. The van der Waals surface area contributed by atoms with E-state index >= 15 is 0 Å². The first-order valence-corrected chi connectivity index (χ1v) is 18.9. The summed E-state index contributed by atoms with van der Waals surface area (Å²) in [6.07, 6.45) is 0. The predicted molar refractivity (Wildman–Crippen MR) is 213 cm³/mol. The van der Waals surface area contributed by atoms with Crippen LogP contribution in [0.5, 0.6) is 0 Å². The Labute approximate surface area is 304 Å². The third-order valence-electron chi connectivity index (χ3n) is 10.6. The number of rotatable bonds is 3. The maximum atomic E-state index is 5.13. The quantitative estimate of drug-likeness (QED) is 0.185. The van der Waals surface area contributed by atoms with Crippen LogP contribution in [0.2, 0.25) is 0 Å². The van der Waals surface area contributed by atoms with Crippen LogP contribution in [0.4, 0.5) is 0 Å². The van der Waals surface area contributed by atoms with Crippen LogP contribution in [-0.4, -0.2) is 9.97 Å². The first-order valence-electron chi connectivity index (χ1n) is 17.2. The van der Waals surface area contributed by atoms with Crippen molar-refractivity contribution in [3.63, 3.8) is 0 Å². The van der Waals surface area contributed by atoms with E-state index in [0.29, 0.717) is 0 Å². The SMILES string of the molecule is c1ccc(-c2cc(-c3ccc4c(c3)sc3cc5c(cc34)C3(c4ccccc4Sc4ccccc43)c3ccccc3-5)nc(-c3ccccc3)n2)cc1. The summed E-state index contributed by atoms with van der Waals surface area (Å²) in [5.74, 6) is 0.731. The van der Waals surface area contributed by atoms with E-state index in [1.165, 1.54) is 63.3 Å². The molecule has 4 heteroatoms. The molecule has 11 rings (SSSR count). The molecule has 1 spiro atoms. The molecule has 0 saturated carbocycles. The topological polar surface area (TPSA) is 25.8 Å². The Kier molecular flexibility index (Phi) is 6.30. The zero-order valence-corrected chi connectivity index (χ0v) is 29.0. The van der Waals surface area contributed by atoms with Gasteiger partial charge in [0.2, 0.25) is 0 Å². The minimum absolute atomic E-state index is 0.380. The molecule has 0 saturated heterocycles. The van der Waals surface area contributed by atoms with E-state index in [-0.39, 0.29) is 5.41 Å². The second kappa shape index (κ2) is 11.1. The molecule has 1 aliphatic heterocycles. The predicted octanol–water partition coefficient (Wildman–Crippen LogP) is 12.7. The summed E-state index contributed by atoms with van der Waals surface area (Å²) in [5, 5.41) is 2.58. The summed E-state index contributed by atoms with van der Waals surface area (Å²) in [7, 11) is 0. The van der Waals surface area contributed by atoms with E-state index in [9.17, 15) is 0 Å². The lowest BCUT2D eigenvalue weighted by atomic mass is 9.67. The van der Waals surface area contributed by atoms with Gasteiger partial charge in [-0.15, -0.1) is 11.3 Å². The fraction of sp³-hybridized carbons (Fsp3) is 0.0213. The molecule has 2 nitrogen and oxygen atoms in total. The standard InChI is InChI=1S/C47H28N2S2/c1-3-13-29(14-4-1)40-28-41(49-46(48-40)30-15-5-2-6-16-30)31-23-24-33-35-26-39-34(27-45(35)51-44(33)25-31)32-17-7-8-18-36(32)47(39)37-19-9-11-21-42(37)50-43-22-12-10-20-38(43)47/h1-28H. The largest absolute Gasteiger partial charge is 0.228 e. The van der Waals surface area contributed by atoms with E-state index in [4.69, 9.17) is 9.97 Å². The Balaban J connectivity index is 1.13. The fourth-order valence-corrected chi connectivity index (χ4v) is 10.7. The van der Waals surface area contributed by atoms with E-state index in [1.807, 2.05) is 47.4 Å². The molecule has 2 aromatic heterocycles. The number of benzene rings is 7. The summed E-state index contributed by atoms with van der Waals surface area (Å²) in [5.41, 5.74) is 12.8. The van der Waals surface area contributed by atoms with Crippen molar-refractivity contribution in [1.29, 1.82) is 0 Å². The number of hydrogen-bond acceptors (Lipinski definition) is 4. The van der Waals surface area contributed by atoms with Crippen LogP contribution in [0.1, 0.15) is 22.3 Å². The number of hydrogen-bond donors (Lipinski definition) is 0. The third kappa shape index (κ3) is 4.24. The average Bonchev–Trinajstić information content (AvgIpc) is 3.70. The Morgan fingerprint density at radius 1 is 0.392 bits per heavy atom. The minimum atomic E-state index is -0.380. The van der Waals surface area contributed by atoms with Crippen LogP contribution in [0.25, 0.3) is 65.2 Å². The van der Waals surface area contributed by atoms with Gasteiger partial charge in [-0.25, -0.2) is 9.97 Å². The average molecular weight is 685 g/mol. The van der Waals surface area contributed by atoms with Crippen LogP contribution in [0.15, 0.2) is 180 Å². The minimum Gasteiger partial charge on any atom is -0.228 e. The lowest BCUT2D eigenvalue weighted by Gasteiger charge is -2.39. The summed E-state index contributed by atoms with van der Waals surface area (Å²) >= 11 is 3.76. The Morgan fingerprint density at radius 3 is 1.71 bits per heavy atom. The Morgan fingerprint density at radius 2 is 0.980 bits per heavy atom. The van der Waals surface area contributed by atoms with E-state index in [1.54, 1.807) is 0 Å². The van der Waals surface area contributed by atoms with E-state index in [2.05, 4.69) is 146 Å². The summed E-state index contributed by atoms with van der Waals surface area (Å²) in [6, 6.07) is 61.7. The van der Waals surface area contributed by atoms with Crippen molar-refractivity contribution in [2.45, 2.75) is 15.2 Å². The van der Waals surface area contributed by atoms with Gasteiger partial charge in [0.25, 0.3) is 0 Å². The number of fused-ring (bicyclic) bond motifs is 12. The summed E-state index contributed by atoms with van der Waals surface area (Å²) < 4.78 is 2.56. The highest BCUT2D eigenvalue weighted by molar-refractivity contribution is 7.99. The van der Waals surface area contributed by atoms with Crippen molar-refractivity contribution in [3.05, 3.63) is 192 Å². The van der Waals surface area contributed by atoms with Crippen molar-refractivity contribution in [3.8, 4) is 45.0 Å². The zero-order valence-electron chi connectivity index (χ0n) is 27.4. The molecular formula is C47H28N2S2.